The minimum atomic E-state index is -0.731. The van der Waals surface area contributed by atoms with Gasteiger partial charge in [0, 0.05) is 26.2 Å². The summed E-state index contributed by atoms with van der Waals surface area (Å²) in [5.74, 6) is 4.58. The van der Waals surface area contributed by atoms with Crippen LogP contribution in [0.5, 0.6) is 11.5 Å². The lowest BCUT2D eigenvalue weighted by Crippen LogP contribution is -2.27. The molecule has 9 nitrogen and oxygen atoms in total. The van der Waals surface area contributed by atoms with Gasteiger partial charge in [0.2, 0.25) is 5.91 Å². The number of benzene rings is 1. The van der Waals surface area contributed by atoms with Gasteiger partial charge in [-0.15, -0.1) is 0 Å². The van der Waals surface area contributed by atoms with Crippen molar-refractivity contribution in [2.45, 2.75) is 12.5 Å². The van der Waals surface area contributed by atoms with Crippen LogP contribution in [-0.2, 0) is 4.79 Å². The predicted molar refractivity (Wildman–Crippen MR) is 116 cm³/mol. The number of hydrogen-bond acceptors (Lipinski definition) is 6. The summed E-state index contributed by atoms with van der Waals surface area (Å²) < 4.78 is 26.4. The molecule has 3 N–H and O–H groups in total. The molecule has 0 aliphatic carbocycles. The van der Waals surface area contributed by atoms with Crippen LogP contribution in [-0.4, -0.2) is 60.9 Å². The zero-order chi connectivity index (χ0) is 23.4. The number of aromatic nitrogens is 2. The molecule has 0 saturated carbocycles. The highest BCUT2D eigenvalue weighted by atomic mass is 19.1. The molecule has 2 amide bonds. The lowest BCUT2D eigenvalue weighted by atomic mass is 10.1. The number of nitrogens with one attached hydrogen (secondary N) is 1. The molecule has 1 fully saturated rings. The molecule has 168 valence electrons. The molecule has 0 spiro atoms. The third-order valence-corrected chi connectivity index (χ3v) is 5.17. The molecule has 1 aromatic carbocycles. The number of nitrogens with zero attached hydrogens (tertiary/aromatic N) is 3. The minimum absolute atomic E-state index is 0.0146. The van der Waals surface area contributed by atoms with E-state index in [4.69, 9.17) is 15.2 Å². The van der Waals surface area contributed by atoms with Crippen molar-refractivity contribution >= 4 is 17.6 Å². The average molecular weight is 441 g/mol. The van der Waals surface area contributed by atoms with Gasteiger partial charge in [0.25, 0.3) is 5.91 Å². The monoisotopic (exact) mass is 441 g/mol. The normalized spacial score (nSPS) is 15.0. The molecule has 1 aromatic heterocycles. The first kappa shape index (κ1) is 22.7. The van der Waals surface area contributed by atoms with Crippen molar-refractivity contribution < 1.29 is 23.5 Å². The van der Waals surface area contributed by atoms with E-state index in [1.165, 1.54) is 32.4 Å². The third-order valence-electron chi connectivity index (χ3n) is 5.17. The lowest BCUT2D eigenvalue weighted by molar-refractivity contribution is -0.125. The van der Waals surface area contributed by atoms with Crippen LogP contribution in [0.2, 0.25) is 0 Å². The Hall–Kier alpha value is -4.00. The number of ether oxygens (including phenoxy) is 2. The fourth-order valence-electron chi connectivity index (χ4n) is 3.59. The van der Waals surface area contributed by atoms with Gasteiger partial charge >= 0.3 is 0 Å². The smallest absolute Gasteiger partial charge is 0.255 e. The molecular weight excluding hydrogens is 417 g/mol. The predicted octanol–water partition coefficient (Wildman–Crippen LogP) is 1.54. The maximum Gasteiger partial charge on any atom is 0.255 e. The number of carbonyl (C=O) groups excluding carboxylic acids is 2. The average Bonchev–Trinajstić information content (AvgIpc) is 3.42. The van der Waals surface area contributed by atoms with Crippen molar-refractivity contribution in [3.05, 3.63) is 47.4 Å². The number of carbonyl (C=O) groups is 2. The van der Waals surface area contributed by atoms with Crippen LogP contribution in [0.15, 0.2) is 24.8 Å². The SMILES string of the molecule is C=CC(=O)N1CC[C@H](n2nc(C#Cc3cc(OC)cc(OC)c3F)c(C(N)=O)c2NC)C1. The summed E-state index contributed by atoms with van der Waals surface area (Å²) in [7, 11) is 4.41. The molecule has 2 aromatic rings. The van der Waals surface area contributed by atoms with Crippen molar-refractivity contribution in [3.63, 3.8) is 0 Å². The zero-order valence-corrected chi connectivity index (χ0v) is 18.1. The molecule has 0 bridgehead atoms. The molecule has 32 heavy (non-hydrogen) atoms. The fourth-order valence-corrected chi connectivity index (χ4v) is 3.59. The molecule has 1 aliphatic rings. The van der Waals surface area contributed by atoms with Crippen LogP contribution in [0.25, 0.3) is 0 Å². The molecule has 1 atom stereocenters. The summed E-state index contributed by atoms with van der Waals surface area (Å²) >= 11 is 0. The summed E-state index contributed by atoms with van der Waals surface area (Å²) in [5.41, 5.74) is 5.79. The number of halogens is 1. The van der Waals surface area contributed by atoms with Gasteiger partial charge in [-0.25, -0.2) is 9.07 Å². The summed E-state index contributed by atoms with van der Waals surface area (Å²) in [6.07, 6.45) is 1.88. The maximum absolute atomic E-state index is 14.6. The highest BCUT2D eigenvalue weighted by Gasteiger charge is 2.31. The van der Waals surface area contributed by atoms with Gasteiger partial charge in [0.05, 0.1) is 25.8 Å². The van der Waals surface area contributed by atoms with Crippen molar-refractivity contribution in [2.24, 2.45) is 5.73 Å². The Kier molecular flexibility index (Phi) is 6.68. The summed E-state index contributed by atoms with van der Waals surface area (Å²) in [6, 6.07) is 2.63. The van der Waals surface area contributed by atoms with E-state index in [2.05, 4.69) is 28.8 Å². The van der Waals surface area contributed by atoms with Crippen molar-refractivity contribution in [1.29, 1.82) is 0 Å². The van der Waals surface area contributed by atoms with E-state index in [0.29, 0.717) is 31.1 Å². The van der Waals surface area contributed by atoms with Crippen LogP contribution in [0.4, 0.5) is 10.2 Å². The van der Waals surface area contributed by atoms with E-state index in [1.54, 1.807) is 16.6 Å². The number of anilines is 1. The number of methoxy groups -OCH3 is 2. The Morgan fingerprint density at radius 1 is 1.34 bits per heavy atom. The summed E-state index contributed by atoms with van der Waals surface area (Å²) in [4.78, 5) is 25.8. The second-order valence-corrected chi connectivity index (χ2v) is 7.00. The van der Waals surface area contributed by atoms with Gasteiger partial charge < -0.3 is 25.4 Å². The van der Waals surface area contributed by atoms with Crippen LogP contribution in [0.3, 0.4) is 0 Å². The summed E-state index contributed by atoms with van der Waals surface area (Å²) in [6.45, 7) is 4.43. The second kappa shape index (κ2) is 9.43. The van der Waals surface area contributed by atoms with Crippen LogP contribution in [0.1, 0.15) is 34.1 Å². The number of nitrogens with two attached hydrogens (primary N) is 1. The maximum atomic E-state index is 14.6. The summed E-state index contributed by atoms with van der Waals surface area (Å²) in [5, 5.41) is 7.41. The van der Waals surface area contributed by atoms with Gasteiger partial charge in [-0.2, -0.15) is 5.10 Å². The number of likely N-dealkylation sites (tertiary alicyclic amines) is 1. The number of primary amides is 1. The van der Waals surface area contributed by atoms with Crippen molar-refractivity contribution in [2.75, 3.05) is 39.7 Å². The molecular formula is C22H24FN5O4. The fraction of sp³-hybridized carbons (Fsp3) is 0.318. The molecule has 10 heteroatoms. The molecule has 1 saturated heterocycles. The molecule has 0 radical (unpaired) electrons. The Morgan fingerprint density at radius 2 is 2.09 bits per heavy atom. The minimum Gasteiger partial charge on any atom is -0.497 e. The van der Waals surface area contributed by atoms with E-state index in [0.717, 1.165) is 0 Å². The van der Waals surface area contributed by atoms with Gasteiger partial charge in [-0.3, -0.25) is 9.59 Å². The topological polar surface area (TPSA) is 112 Å². The quantitative estimate of drug-likeness (QED) is 0.520. The Labute approximate surface area is 185 Å². The zero-order valence-electron chi connectivity index (χ0n) is 18.1. The van der Waals surface area contributed by atoms with E-state index in [9.17, 15) is 14.0 Å². The van der Waals surface area contributed by atoms with E-state index >= 15 is 0 Å². The van der Waals surface area contributed by atoms with Gasteiger partial charge in [-0.1, -0.05) is 12.5 Å². The largest absolute Gasteiger partial charge is 0.497 e. The lowest BCUT2D eigenvalue weighted by Gasteiger charge is -2.16. The molecule has 2 heterocycles. The molecule has 0 unspecified atom stereocenters. The van der Waals surface area contributed by atoms with Gasteiger partial charge in [0.15, 0.2) is 17.3 Å². The highest BCUT2D eigenvalue weighted by Crippen LogP contribution is 2.30. The first-order valence-electron chi connectivity index (χ1n) is 9.79. The van der Waals surface area contributed by atoms with Crippen LogP contribution >= 0.6 is 0 Å². The van der Waals surface area contributed by atoms with Crippen LogP contribution in [0, 0.1) is 17.7 Å². The number of rotatable bonds is 6. The van der Waals surface area contributed by atoms with E-state index in [-0.39, 0.29) is 34.5 Å². The third kappa shape index (κ3) is 4.23. The van der Waals surface area contributed by atoms with Crippen molar-refractivity contribution in [3.8, 4) is 23.3 Å². The first-order chi connectivity index (χ1) is 15.3. The highest BCUT2D eigenvalue weighted by molar-refractivity contribution is 6.00. The Morgan fingerprint density at radius 3 is 2.69 bits per heavy atom. The van der Waals surface area contributed by atoms with Crippen molar-refractivity contribution in [1.82, 2.24) is 14.7 Å². The first-order valence-corrected chi connectivity index (χ1v) is 9.79. The van der Waals surface area contributed by atoms with E-state index in [1.807, 2.05) is 0 Å². The number of amides is 2. The Bertz CT molecular complexity index is 1130. The molecule has 3 rings (SSSR count). The second-order valence-electron chi connectivity index (χ2n) is 7.00. The van der Waals surface area contributed by atoms with E-state index < -0.39 is 11.7 Å². The number of hydrogen-bond donors (Lipinski definition) is 2. The van der Waals surface area contributed by atoms with Crippen LogP contribution < -0.4 is 20.5 Å². The Balaban J connectivity index is 2.06. The van der Waals surface area contributed by atoms with Gasteiger partial charge in [-0.05, 0) is 24.5 Å². The molecule has 1 aliphatic heterocycles. The standard InChI is InChI=1S/C22H24FN5O4/c1-5-18(29)27-9-8-14(12-27)28-22(25-2)19(21(24)30)16(26-28)7-6-13-10-15(31-3)11-17(32-4)20(13)23/h5,10-11,14,25H,1,8-9,12H2,2-4H3,(H2,24,30)/t14-/m0/s1. The van der Waals surface area contributed by atoms with Gasteiger partial charge in [0.1, 0.15) is 17.1 Å².